The Kier molecular flexibility index (Phi) is 3.24. The Hall–Kier alpha value is -1.36. The van der Waals surface area contributed by atoms with Crippen LogP contribution in [-0.2, 0) is 18.3 Å². The molecule has 0 radical (unpaired) electrons. The lowest BCUT2D eigenvalue weighted by Crippen LogP contribution is -2.35. The smallest absolute Gasteiger partial charge is 0.320 e. The Bertz CT molecular complexity index is 375. The van der Waals surface area contributed by atoms with Gasteiger partial charge < -0.3 is 15.0 Å². The lowest BCUT2D eigenvalue weighted by atomic mass is 10.1. The standard InChI is InChI=1S/C11H17N3O2/c1-14-7-6-12-10(14)5-3-8-2-4-9(13-8)11(15)16/h6-9,13H,2-5H2,1H3,(H,15,16). The number of rotatable bonds is 4. The average Bonchev–Trinajstić information content (AvgIpc) is 2.83. The van der Waals surface area contributed by atoms with E-state index in [4.69, 9.17) is 5.11 Å². The van der Waals surface area contributed by atoms with E-state index in [1.165, 1.54) is 0 Å². The van der Waals surface area contributed by atoms with Crippen molar-refractivity contribution in [3.63, 3.8) is 0 Å². The zero-order chi connectivity index (χ0) is 11.5. The van der Waals surface area contributed by atoms with Crippen molar-refractivity contribution in [3.05, 3.63) is 18.2 Å². The number of nitrogens with zero attached hydrogens (tertiary/aromatic N) is 2. The van der Waals surface area contributed by atoms with Crippen molar-refractivity contribution >= 4 is 5.97 Å². The van der Waals surface area contributed by atoms with E-state index in [1.54, 1.807) is 6.20 Å². The summed E-state index contributed by atoms with van der Waals surface area (Å²) in [5, 5.41) is 12.0. The van der Waals surface area contributed by atoms with E-state index < -0.39 is 5.97 Å². The molecule has 1 aliphatic rings. The lowest BCUT2D eigenvalue weighted by Gasteiger charge is -2.11. The zero-order valence-corrected chi connectivity index (χ0v) is 9.39. The van der Waals surface area contributed by atoms with Gasteiger partial charge in [-0.15, -0.1) is 0 Å². The molecule has 88 valence electrons. The van der Waals surface area contributed by atoms with Crippen LogP contribution in [-0.4, -0.2) is 32.7 Å². The van der Waals surface area contributed by atoms with Crippen LogP contribution in [0.25, 0.3) is 0 Å². The molecule has 0 spiro atoms. The van der Waals surface area contributed by atoms with E-state index in [9.17, 15) is 4.79 Å². The van der Waals surface area contributed by atoms with Crippen molar-refractivity contribution in [1.82, 2.24) is 14.9 Å². The molecule has 1 aromatic heterocycles. The molecule has 1 aromatic rings. The molecular formula is C11H17N3O2. The summed E-state index contributed by atoms with van der Waals surface area (Å²) >= 11 is 0. The molecule has 2 heterocycles. The summed E-state index contributed by atoms with van der Waals surface area (Å²) in [5.41, 5.74) is 0. The third kappa shape index (κ3) is 2.41. The van der Waals surface area contributed by atoms with E-state index in [2.05, 4.69) is 10.3 Å². The molecule has 0 aromatic carbocycles. The summed E-state index contributed by atoms with van der Waals surface area (Å²) in [5.74, 6) is 0.320. The summed E-state index contributed by atoms with van der Waals surface area (Å²) in [6.45, 7) is 0. The van der Waals surface area contributed by atoms with Gasteiger partial charge in [-0.2, -0.15) is 0 Å². The molecular weight excluding hydrogens is 206 g/mol. The second-order valence-corrected chi connectivity index (χ2v) is 4.32. The van der Waals surface area contributed by atoms with Crippen LogP contribution in [0, 0.1) is 0 Å². The molecule has 2 N–H and O–H groups in total. The molecule has 0 bridgehead atoms. The van der Waals surface area contributed by atoms with E-state index >= 15 is 0 Å². The monoisotopic (exact) mass is 223 g/mol. The second kappa shape index (κ2) is 4.65. The molecule has 0 saturated carbocycles. The second-order valence-electron chi connectivity index (χ2n) is 4.32. The first-order valence-corrected chi connectivity index (χ1v) is 5.62. The van der Waals surface area contributed by atoms with E-state index in [1.807, 2.05) is 17.8 Å². The lowest BCUT2D eigenvalue weighted by molar-refractivity contribution is -0.139. The van der Waals surface area contributed by atoms with Gasteiger partial charge in [0.2, 0.25) is 0 Å². The Balaban J connectivity index is 1.80. The third-order valence-corrected chi connectivity index (χ3v) is 3.18. The average molecular weight is 223 g/mol. The first kappa shape index (κ1) is 11.1. The maximum absolute atomic E-state index is 10.8. The quantitative estimate of drug-likeness (QED) is 0.782. The number of hydrogen-bond donors (Lipinski definition) is 2. The van der Waals surface area contributed by atoms with Gasteiger partial charge in [0.15, 0.2) is 0 Å². The van der Waals surface area contributed by atoms with Gasteiger partial charge in [-0.3, -0.25) is 4.79 Å². The van der Waals surface area contributed by atoms with Crippen LogP contribution in [0.4, 0.5) is 0 Å². The summed E-state index contributed by atoms with van der Waals surface area (Å²) in [4.78, 5) is 15.0. The minimum absolute atomic E-state index is 0.317. The predicted octanol–water partition coefficient (Wildman–Crippen LogP) is 0.558. The first-order chi connectivity index (χ1) is 7.66. The number of aliphatic carboxylic acids is 1. The molecule has 1 fully saturated rings. The number of carbonyl (C=O) groups is 1. The molecule has 1 saturated heterocycles. The highest BCUT2D eigenvalue weighted by molar-refractivity contribution is 5.73. The molecule has 16 heavy (non-hydrogen) atoms. The van der Waals surface area contributed by atoms with Crippen molar-refractivity contribution in [3.8, 4) is 0 Å². The molecule has 5 nitrogen and oxygen atoms in total. The number of hydrogen-bond acceptors (Lipinski definition) is 3. The van der Waals surface area contributed by atoms with Crippen LogP contribution >= 0.6 is 0 Å². The summed E-state index contributed by atoms with van der Waals surface area (Å²) in [6, 6.07) is -0.0378. The van der Waals surface area contributed by atoms with Crippen molar-refractivity contribution in [1.29, 1.82) is 0 Å². The summed E-state index contributed by atoms with van der Waals surface area (Å²) in [6.07, 6.45) is 7.25. The number of carboxylic acid groups (broad SMARTS) is 1. The van der Waals surface area contributed by atoms with Gasteiger partial charge in [-0.1, -0.05) is 0 Å². The molecule has 2 unspecified atom stereocenters. The van der Waals surface area contributed by atoms with Crippen LogP contribution in [0.15, 0.2) is 12.4 Å². The molecule has 0 amide bonds. The zero-order valence-electron chi connectivity index (χ0n) is 9.39. The molecule has 5 heteroatoms. The number of imidazole rings is 1. The number of aryl methyl sites for hydroxylation is 2. The van der Waals surface area contributed by atoms with Crippen LogP contribution in [0.3, 0.4) is 0 Å². The van der Waals surface area contributed by atoms with Crippen molar-refractivity contribution in [2.45, 2.75) is 37.8 Å². The van der Waals surface area contributed by atoms with Crippen LogP contribution < -0.4 is 5.32 Å². The van der Waals surface area contributed by atoms with Gasteiger partial charge in [0, 0.05) is 31.9 Å². The Morgan fingerprint density at radius 3 is 3.06 bits per heavy atom. The highest BCUT2D eigenvalue weighted by atomic mass is 16.4. The molecule has 1 aliphatic heterocycles. The molecule has 0 aliphatic carbocycles. The van der Waals surface area contributed by atoms with E-state index in [0.717, 1.165) is 31.5 Å². The summed E-state index contributed by atoms with van der Waals surface area (Å²) < 4.78 is 2.00. The van der Waals surface area contributed by atoms with Gasteiger partial charge in [-0.05, 0) is 19.3 Å². The minimum atomic E-state index is -0.737. The number of aromatic nitrogens is 2. The fourth-order valence-electron chi connectivity index (χ4n) is 2.18. The van der Waals surface area contributed by atoms with E-state index in [-0.39, 0.29) is 6.04 Å². The Morgan fingerprint density at radius 1 is 1.69 bits per heavy atom. The Labute approximate surface area is 94.5 Å². The van der Waals surface area contributed by atoms with Gasteiger partial charge >= 0.3 is 5.97 Å². The fraction of sp³-hybridized carbons (Fsp3) is 0.636. The predicted molar refractivity (Wildman–Crippen MR) is 59.1 cm³/mol. The molecule has 2 rings (SSSR count). The van der Waals surface area contributed by atoms with Crippen molar-refractivity contribution in [2.24, 2.45) is 7.05 Å². The van der Waals surface area contributed by atoms with Gasteiger partial charge in [0.1, 0.15) is 11.9 Å². The normalized spacial score (nSPS) is 24.8. The van der Waals surface area contributed by atoms with Crippen LogP contribution in [0.1, 0.15) is 25.1 Å². The minimum Gasteiger partial charge on any atom is -0.480 e. The highest BCUT2D eigenvalue weighted by Crippen LogP contribution is 2.16. The van der Waals surface area contributed by atoms with Gasteiger partial charge in [-0.25, -0.2) is 4.98 Å². The summed E-state index contributed by atoms with van der Waals surface area (Å²) in [7, 11) is 1.98. The maximum atomic E-state index is 10.8. The van der Waals surface area contributed by atoms with E-state index in [0.29, 0.717) is 6.04 Å². The molecule has 2 atom stereocenters. The van der Waals surface area contributed by atoms with Gasteiger partial charge in [0.25, 0.3) is 0 Å². The third-order valence-electron chi connectivity index (χ3n) is 3.18. The number of carboxylic acids is 1. The van der Waals surface area contributed by atoms with Crippen molar-refractivity contribution in [2.75, 3.05) is 0 Å². The van der Waals surface area contributed by atoms with Crippen LogP contribution in [0.5, 0.6) is 0 Å². The fourth-order valence-corrected chi connectivity index (χ4v) is 2.18. The maximum Gasteiger partial charge on any atom is 0.320 e. The van der Waals surface area contributed by atoms with Crippen molar-refractivity contribution < 1.29 is 9.90 Å². The van der Waals surface area contributed by atoms with Gasteiger partial charge in [0.05, 0.1) is 0 Å². The number of nitrogens with one attached hydrogen (secondary N) is 1. The largest absolute Gasteiger partial charge is 0.480 e. The SMILES string of the molecule is Cn1ccnc1CCC1CCC(C(=O)O)N1. The Morgan fingerprint density at radius 2 is 2.50 bits per heavy atom. The topological polar surface area (TPSA) is 67.2 Å². The first-order valence-electron chi connectivity index (χ1n) is 5.62. The van der Waals surface area contributed by atoms with Crippen LogP contribution in [0.2, 0.25) is 0 Å². The highest BCUT2D eigenvalue weighted by Gasteiger charge is 2.28.